The molecule has 1 amide bonds. The van der Waals surface area contributed by atoms with E-state index in [-0.39, 0.29) is 5.91 Å². The fourth-order valence-electron chi connectivity index (χ4n) is 3.53. The van der Waals surface area contributed by atoms with Gasteiger partial charge in [0.2, 0.25) is 0 Å². The predicted molar refractivity (Wildman–Crippen MR) is 67.8 cm³/mol. The van der Waals surface area contributed by atoms with Crippen molar-refractivity contribution in [3.63, 3.8) is 0 Å². The number of hydrogen-bond donors (Lipinski definition) is 0. The van der Waals surface area contributed by atoms with Gasteiger partial charge < -0.3 is 4.90 Å². The van der Waals surface area contributed by atoms with Gasteiger partial charge in [0.25, 0.3) is 5.91 Å². The number of benzene rings is 1. The van der Waals surface area contributed by atoms with Gasteiger partial charge in [-0.05, 0) is 43.7 Å². The molecule has 2 fully saturated rings. The Hall–Kier alpha value is -1.31. The highest BCUT2D eigenvalue weighted by Gasteiger charge is 2.43. The third kappa shape index (κ3) is 1.76. The molecular formula is C15H19NO. The van der Waals surface area contributed by atoms with Crippen LogP contribution in [0.15, 0.2) is 30.3 Å². The van der Waals surface area contributed by atoms with Crippen molar-refractivity contribution in [1.82, 2.24) is 4.90 Å². The molecule has 0 unspecified atom stereocenters. The van der Waals surface area contributed by atoms with Gasteiger partial charge in [-0.1, -0.05) is 25.1 Å². The summed E-state index contributed by atoms with van der Waals surface area (Å²) in [5.74, 6) is 0.916. The van der Waals surface area contributed by atoms with Crippen LogP contribution in [0, 0.1) is 5.92 Å². The van der Waals surface area contributed by atoms with Gasteiger partial charge in [0, 0.05) is 17.6 Å². The van der Waals surface area contributed by atoms with Gasteiger partial charge in [0.05, 0.1) is 0 Å². The van der Waals surface area contributed by atoms with Crippen molar-refractivity contribution < 1.29 is 4.79 Å². The molecule has 2 heteroatoms. The topological polar surface area (TPSA) is 20.3 Å². The van der Waals surface area contributed by atoms with Gasteiger partial charge in [0.15, 0.2) is 0 Å². The first-order valence-corrected chi connectivity index (χ1v) is 6.65. The highest BCUT2D eigenvalue weighted by atomic mass is 16.2. The van der Waals surface area contributed by atoms with E-state index in [9.17, 15) is 4.79 Å². The fraction of sp³-hybridized carbons (Fsp3) is 0.533. The zero-order valence-corrected chi connectivity index (χ0v) is 10.3. The highest BCUT2D eigenvalue weighted by Crippen LogP contribution is 2.40. The summed E-state index contributed by atoms with van der Waals surface area (Å²) in [5.41, 5.74) is 0.846. The van der Waals surface area contributed by atoms with Gasteiger partial charge in [-0.2, -0.15) is 0 Å². The first-order chi connectivity index (χ1) is 8.27. The van der Waals surface area contributed by atoms with Crippen LogP contribution in [0.4, 0.5) is 0 Å². The zero-order chi connectivity index (χ0) is 11.8. The average molecular weight is 229 g/mol. The SMILES string of the molecule is C[C@@H]1C[C@H]2CCC[C@@H]1N2C(=O)c1ccccc1. The number of amides is 1. The highest BCUT2D eigenvalue weighted by molar-refractivity contribution is 5.94. The van der Waals surface area contributed by atoms with Crippen molar-refractivity contribution in [2.45, 2.75) is 44.7 Å². The lowest BCUT2D eigenvalue weighted by Crippen LogP contribution is -2.44. The molecule has 2 bridgehead atoms. The van der Waals surface area contributed by atoms with Gasteiger partial charge in [-0.25, -0.2) is 0 Å². The van der Waals surface area contributed by atoms with E-state index in [2.05, 4.69) is 11.8 Å². The van der Waals surface area contributed by atoms with E-state index < -0.39 is 0 Å². The molecule has 0 aliphatic carbocycles. The lowest BCUT2D eigenvalue weighted by Gasteiger charge is -2.35. The minimum Gasteiger partial charge on any atom is -0.332 e. The number of carbonyl (C=O) groups excluding carboxylic acids is 1. The molecule has 1 aromatic carbocycles. The minimum absolute atomic E-state index is 0.240. The average Bonchev–Trinajstić information content (AvgIpc) is 2.55. The molecule has 3 atom stereocenters. The molecule has 3 rings (SSSR count). The van der Waals surface area contributed by atoms with E-state index in [1.807, 2.05) is 30.3 Å². The van der Waals surface area contributed by atoms with Crippen LogP contribution >= 0.6 is 0 Å². The molecule has 2 saturated heterocycles. The summed E-state index contributed by atoms with van der Waals surface area (Å²) in [7, 11) is 0. The van der Waals surface area contributed by atoms with Gasteiger partial charge in [-0.15, -0.1) is 0 Å². The van der Waals surface area contributed by atoms with Crippen LogP contribution in [-0.4, -0.2) is 22.9 Å². The first kappa shape index (κ1) is 10.8. The number of fused-ring (bicyclic) bond motifs is 2. The van der Waals surface area contributed by atoms with E-state index in [0.29, 0.717) is 18.0 Å². The molecule has 0 spiro atoms. The Labute approximate surface area is 103 Å². The summed E-state index contributed by atoms with van der Waals surface area (Å²) in [4.78, 5) is 14.7. The fourth-order valence-corrected chi connectivity index (χ4v) is 3.53. The lowest BCUT2D eigenvalue weighted by atomic mass is 9.98. The van der Waals surface area contributed by atoms with Crippen molar-refractivity contribution in [2.24, 2.45) is 5.92 Å². The van der Waals surface area contributed by atoms with Crippen molar-refractivity contribution >= 4 is 5.91 Å². The monoisotopic (exact) mass is 229 g/mol. The van der Waals surface area contributed by atoms with Crippen LogP contribution in [0.5, 0.6) is 0 Å². The quantitative estimate of drug-likeness (QED) is 0.724. The maximum Gasteiger partial charge on any atom is 0.254 e. The van der Waals surface area contributed by atoms with Gasteiger partial charge >= 0.3 is 0 Å². The van der Waals surface area contributed by atoms with Crippen LogP contribution in [0.25, 0.3) is 0 Å². The zero-order valence-electron chi connectivity index (χ0n) is 10.3. The second-order valence-electron chi connectivity index (χ2n) is 5.44. The number of piperidine rings is 1. The smallest absolute Gasteiger partial charge is 0.254 e. The van der Waals surface area contributed by atoms with Gasteiger partial charge in [0.1, 0.15) is 0 Å². The molecule has 0 saturated carbocycles. The summed E-state index contributed by atoms with van der Waals surface area (Å²) >= 11 is 0. The minimum atomic E-state index is 0.240. The van der Waals surface area contributed by atoms with Crippen molar-refractivity contribution in [1.29, 1.82) is 0 Å². The Kier molecular flexibility index (Phi) is 2.65. The molecule has 2 aliphatic heterocycles. The molecule has 2 heterocycles. The molecule has 2 nitrogen and oxygen atoms in total. The Morgan fingerprint density at radius 3 is 2.71 bits per heavy atom. The van der Waals surface area contributed by atoms with Crippen molar-refractivity contribution in [3.05, 3.63) is 35.9 Å². The summed E-state index contributed by atoms with van der Waals surface area (Å²) in [6, 6.07) is 10.7. The second-order valence-corrected chi connectivity index (χ2v) is 5.44. The number of hydrogen-bond acceptors (Lipinski definition) is 1. The Morgan fingerprint density at radius 1 is 1.24 bits per heavy atom. The first-order valence-electron chi connectivity index (χ1n) is 6.65. The van der Waals surface area contributed by atoms with E-state index in [4.69, 9.17) is 0 Å². The van der Waals surface area contributed by atoms with Gasteiger partial charge in [-0.3, -0.25) is 4.79 Å². The Morgan fingerprint density at radius 2 is 2.00 bits per heavy atom. The molecule has 1 aromatic rings. The third-order valence-electron chi connectivity index (χ3n) is 4.34. The second kappa shape index (κ2) is 4.17. The van der Waals surface area contributed by atoms with Crippen molar-refractivity contribution in [2.75, 3.05) is 0 Å². The number of nitrogens with zero attached hydrogens (tertiary/aromatic N) is 1. The molecule has 0 N–H and O–H groups in total. The van der Waals surface area contributed by atoms with Crippen LogP contribution in [-0.2, 0) is 0 Å². The Bertz CT molecular complexity index is 414. The summed E-state index contributed by atoms with van der Waals surface area (Å²) in [5, 5.41) is 0. The molecule has 0 radical (unpaired) electrons. The Balaban J connectivity index is 1.88. The largest absolute Gasteiger partial charge is 0.332 e. The third-order valence-corrected chi connectivity index (χ3v) is 4.34. The van der Waals surface area contributed by atoms with Crippen LogP contribution in [0.1, 0.15) is 43.0 Å². The normalized spacial score (nSPS) is 31.6. The van der Waals surface area contributed by atoms with E-state index in [1.54, 1.807) is 0 Å². The molecule has 2 aliphatic rings. The molecule has 17 heavy (non-hydrogen) atoms. The molecular weight excluding hydrogens is 210 g/mol. The lowest BCUT2D eigenvalue weighted by molar-refractivity contribution is 0.0576. The summed E-state index contributed by atoms with van der Waals surface area (Å²) in [6.07, 6.45) is 4.87. The summed E-state index contributed by atoms with van der Waals surface area (Å²) in [6.45, 7) is 2.29. The van der Waals surface area contributed by atoms with Crippen molar-refractivity contribution in [3.8, 4) is 0 Å². The number of rotatable bonds is 1. The summed E-state index contributed by atoms with van der Waals surface area (Å²) < 4.78 is 0. The molecule has 90 valence electrons. The van der Waals surface area contributed by atoms with E-state index in [0.717, 1.165) is 5.56 Å². The molecule has 0 aromatic heterocycles. The maximum absolute atomic E-state index is 12.5. The standard InChI is InChI=1S/C15H19NO/c1-11-10-13-8-5-9-14(11)16(13)15(17)12-6-3-2-4-7-12/h2-4,6-7,11,13-14H,5,8-10H2,1H3/t11-,13-,14+/m1/s1. The predicted octanol–water partition coefficient (Wildman–Crippen LogP) is 3.09. The van der Waals surface area contributed by atoms with Crippen LogP contribution in [0.3, 0.4) is 0 Å². The van der Waals surface area contributed by atoms with Crippen LogP contribution in [0.2, 0.25) is 0 Å². The maximum atomic E-state index is 12.5. The number of carbonyl (C=O) groups is 1. The van der Waals surface area contributed by atoms with Crippen LogP contribution < -0.4 is 0 Å². The van der Waals surface area contributed by atoms with E-state index in [1.165, 1.54) is 25.7 Å². The van der Waals surface area contributed by atoms with E-state index >= 15 is 0 Å².